The van der Waals surface area contributed by atoms with E-state index in [-0.39, 0.29) is 29.7 Å². The summed E-state index contributed by atoms with van der Waals surface area (Å²) in [6, 6.07) is 14.3. The summed E-state index contributed by atoms with van der Waals surface area (Å²) in [5.74, 6) is 0.542. The summed E-state index contributed by atoms with van der Waals surface area (Å²) in [5.41, 5.74) is 1.97. The van der Waals surface area contributed by atoms with Crippen molar-refractivity contribution in [3.8, 4) is 5.75 Å². The zero-order valence-corrected chi connectivity index (χ0v) is 19.3. The summed E-state index contributed by atoms with van der Waals surface area (Å²) in [4.78, 5) is 25.0. The summed E-state index contributed by atoms with van der Waals surface area (Å²) in [5, 5.41) is 14.2. The van der Waals surface area contributed by atoms with Crippen LogP contribution in [0.3, 0.4) is 0 Å². The summed E-state index contributed by atoms with van der Waals surface area (Å²) in [6.07, 6.45) is 1.66. The van der Waals surface area contributed by atoms with Crippen LogP contribution in [-0.4, -0.2) is 38.4 Å². The Morgan fingerprint density at radius 2 is 1.91 bits per heavy atom. The van der Waals surface area contributed by atoms with Gasteiger partial charge in [-0.1, -0.05) is 30.0 Å². The SMILES string of the molecule is CC(C)Oc1cccc(C(C)NC(=O)c2cccc(NC(=O)CSc3nncn3C)c2)c1. The Morgan fingerprint density at radius 3 is 2.62 bits per heavy atom. The third-order valence-corrected chi connectivity index (χ3v) is 5.52. The van der Waals surface area contributed by atoms with Crippen LogP contribution in [0.5, 0.6) is 5.75 Å². The molecule has 0 saturated carbocycles. The molecule has 1 unspecified atom stereocenters. The number of rotatable bonds is 9. The highest BCUT2D eigenvalue weighted by molar-refractivity contribution is 7.99. The van der Waals surface area contributed by atoms with Gasteiger partial charge in [0.25, 0.3) is 5.91 Å². The van der Waals surface area contributed by atoms with Crippen molar-refractivity contribution < 1.29 is 14.3 Å². The maximum Gasteiger partial charge on any atom is 0.251 e. The van der Waals surface area contributed by atoms with Gasteiger partial charge in [-0.2, -0.15) is 0 Å². The van der Waals surface area contributed by atoms with Crippen LogP contribution < -0.4 is 15.4 Å². The summed E-state index contributed by atoms with van der Waals surface area (Å²) >= 11 is 1.29. The summed E-state index contributed by atoms with van der Waals surface area (Å²) in [7, 11) is 1.82. The number of amides is 2. The molecule has 0 spiro atoms. The Labute approximate surface area is 191 Å². The Balaban J connectivity index is 1.58. The molecule has 2 amide bonds. The van der Waals surface area contributed by atoms with E-state index >= 15 is 0 Å². The number of anilines is 1. The normalized spacial score (nSPS) is 11.8. The van der Waals surface area contributed by atoms with Crippen LogP contribution in [0.1, 0.15) is 42.7 Å². The first-order chi connectivity index (χ1) is 15.3. The number of aromatic nitrogens is 3. The number of nitrogens with zero attached hydrogens (tertiary/aromatic N) is 3. The molecule has 0 aliphatic rings. The first kappa shape index (κ1) is 23.3. The van der Waals surface area contributed by atoms with Crippen molar-refractivity contribution in [2.75, 3.05) is 11.1 Å². The average molecular weight is 454 g/mol. The maximum absolute atomic E-state index is 12.8. The molecule has 3 aromatic rings. The Morgan fingerprint density at radius 1 is 1.12 bits per heavy atom. The molecular weight excluding hydrogens is 426 g/mol. The number of aryl methyl sites for hydroxylation is 1. The average Bonchev–Trinajstić information content (AvgIpc) is 3.17. The van der Waals surface area contributed by atoms with E-state index in [1.54, 1.807) is 35.2 Å². The highest BCUT2D eigenvalue weighted by Gasteiger charge is 2.14. The van der Waals surface area contributed by atoms with Crippen molar-refractivity contribution in [2.45, 2.75) is 38.1 Å². The molecule has 9 heteroatoms. The predicted octanol–water partition coefficient (Wildman–Crippen LogP) is 3.82. The van der Waals surface area contributed by atoms with E-state index in [0.29, 0.717) is 16.4 Å². The lowest BCUT2D eigenvalue weighted by atomic mass is 10.1. The third-order valence-electron chi connectivity index (χ3n) is 4.49. The minimum absolute atomic E-state index is 0.0758. The van der Waals surface area contributed by atoms with Gasteiger partial charge >= 0.3 is 0 Å². The van der Waals surface area contributed by atoms with Crippen LogP contribution in [0, 0.1) is 0 Å². The van der Waals surface area contributed by atoms with Crippen molar-refractivity contribution in [3.63, 3.8) is 0 Å². The van der Waals surface area contributed by atoms with Gasteiger partial charge in [-0.05, 0) is 56.7 Å². The van der Waals surface area contributed by atoms with Crippen molar-refractivity contribution >= 4 is 29.3 Å². The molecule has 32 heavy (non-hydrogen) atoms. The number of thioether (sulfide) groups is 1. The molecule has 3 rings (SSSR count). The lowest BCUT2D eigenvalue weighted by Gasteiger charge is -2.17. The topological polar surface area (TPSA) is 98.1 Å². The molecule has 8 nitrogen and oxygen atoms in total. The number of benzene rings is 2. The van der Waals surface area contributed by atoms with Crippen LogP contribution in [0.15, 0.2) is 60.0 Å². The molecule has 2 N–H and O–H groups in total. The van der Waals surface area contributed by atoms with Crippen LogP contribution in [0.2, 0.25) is 0 Å². The number of carbonyl (C=O) groups excluding carboxylic acids is 2. The predicted molar refractivity (Wildman–Crippen MR) is 125 cm³/mol. The van der Waals surface area contributed by atoms with Gasteiger partial charge in [0.1, 0.15) is 12.1 Å². The molecule has 0 aliphatic heterocycles. The summed E-state index contributed by atoms with van der Waals surface area (Å²) < 4.78 is 7.48. The second-order valence-electron chi connectivity index (χ2n) is 7.58. The Bertz CT molecular complexity index is 1080. The van der Waals surface area contributed by atoms with Crippen LogP contribution in [-0.2, 0) is 11.8 Å². The first-order valence-corrected chi connectivity index (χ1v) is 11.2. The van der Waals surface area contributed by atoms with Gasteiger partial charge in [0.2, 0.25) is 5.91 Å². The minimum atomic E-state index is -0.225. The first-order valence-electron chi connectivity index (χ1n) is 10.3. The van der Waals surface area contributed by atoms with Gasteiger partial charge < -0.3 is 19.9 Å². The van der Waals surface area contributed by atoms with Gasteiger partial charge in [-0.25, -0.2) is 0 Å². The molecule has 1 atom stereocenters. The van der Waals surface area contributed by atoms with E-state index in [9.17, 15) is 9.59 Å². The monoisotopic (exact) mass is 453 g/mol. The third kappa shape index (κ3) is 6.58. The maximum atomic E-state index is 12.8. The van der Waals surface area contributed by atoms with Gasteiger partial charge in [0.15, 0.2) is 5.16 Å². The molecule has 168 valence electrons. The summed E-state index contributed by atoms with van der Waals surface area (Å²) in [6.45, 7) is 5.86. The molecule has 0 fully saturated rings. The number of hydrogen-bond donors (Lipinski definition) is 2. The molecule has 0 radical (unpaired) electrons. The Hall–Kier alpha value is -3.33. The van der Waals surface area contributed by atoms with E-state index in [1.807, 2.05) is 52.1 Å². The largest absolute Gasteiger partial charge is 0.491 e. The minimum Gasteiger partial charge on any atom is -0.491 e. The lowest BCUT2D eigenvalue weighted by molar-refractivity contribution is -0.113. The van der Waals surface area contributed by atoms with Gasteiger partial charge in [0.05, 0.1) is 17.9 Å². The zero-order valence-electron chi connectivity index (χ0n) is 18.5. The zero-order chi connectivity index (χ0) is 23.1. The standard InChI is InChI=1S/C23H27N5O3S/c1-15(2)31-20-10-6-7-17(12-20)16(3)25-22(30)18-8-5-9-19(11-18)26-21(29)13-32-23-27-24-14-28(23)4/h5-12,14-16H,13H2,1-4H3,(H,25,30)(H,26,29). The van der Waals surface area contributed by atoms with Crippen molar-refractivity contribution in [1.29, 1.82) is 0 Å². The van der Waals surface area contributed by atoms with Gasteiger partial charge in [-0.15, -0.1) is 10.2 Å². The van der Waals surface area contributed by atoms with E-state index in [1.165, 1.54) is 11.8 Å². The number of ether oxygens (including phenoxy) is 1. The molecule has 1 aromatic heterocycles. The molecular formula is C23H27N5O3S. The molecule has 0 bridgehead atoms. The second-order valence-corrected chi connectivity index (χ2v) is 8.52. The van der Waals surface area contributed by atoms with E-state index in [0.717, 1.165) is 11.3 Å². The molecule has 1 heterocycles. The lowest BCUT2D eigenvalue weighted by Crippen LogP contribution is -2.26. The smallest absolute Gasteiger partial charge is 0.251 e. The molecule has 0 aliphatic carbocycles. The van der Waals surface area contributed by atoms with Gasteiger partial charge in [-0.3, -0.25) is 9.59 Å². The quantitative estimate of drug-likeness (QED) is 0.478. The van der Waals surface area contributed by atoms with Crippen molar-refractivity contribution in [2.24, 2.45) is 7.05 Å². The number of nitrogens with one attached hydrogen (secondary N) is 2. The van der Waals surface area contributed by atoms with Crippen molar-refractivity contribution in [1.82, 2.24) is 20.1 Å². The van der Waals surface area contributed by atoms with E-state index in [2.05, 4.69) is 20.8 Å². The number of hydrogen-bond acceptors (Lipinski definition) is 6. The second kappa shape index (κ2) is 10.8. The van der Waals surface area contributed by atoms with Crippen molar-refractivity contribution in [3.05, 3.63) is 66.0 Å². The van der Waals surface area contributed by atoms with E-state index in [4.69, 9.17) is 4.74 Å². The van der Waals surface area contributed by atoms with Crippen LogP contribution in [0.25, 0.3) is 0 Å². The Kier molecular flexibility index (Phi) is 7.88. The van der Waals surface area contributed by atoms with Gasteiger partial charge in [0, 0.05) is 18.3 Å². The van der Waals surface area contributed by atoms with E-state index < -0.39 is 0 Å². The highest BCUT2D eigenvalue weighted by atomic mass is 32.2. The van der Waals surface area contributed by atoms with Crippen LogP contribution in [0.4, 0.5) is 5.69 Å². The molecule has 0 saturated heterocycles. The fourth-order valence-corrected chi connectivity index (χ4v) is 3.65. The highest BCUT2D eigenvalue weighted by Crippen LogP contribution is 2.21. The van der Waals surface area contributed by atoms with Crippen LogP contribution >= 0.6 is 11.8 Å². The molecule has 2 aromatic carbocycles. The number of carbonyl (C=O) groups is 2. The fourth-order valence-electron chi connectivity index (χ4n) is 2.96. The fraction of sp³-hybridized carbons (Fsp3) is 0.304.